The van der Waals surface area contributed by atoms with Gasteiger partial charge in [-0.3, -0.25) is 0 Å². The first-order valence-electron chi connectivity index (χ1n) is 9.46. The van der Waals surface area contributed by atoms with E-state index in [1.807, 2.05) is 0 Å². The van der Waals surface area contributed by atoms with Gasteiger partial charge in [0.05, 0.1) is 5.57 Å². The summed E-state index contributed by atoms with van der Waals surface area (Å²) in [5.41, 5.74) is 0.956. The molecule has 0 unspecified atom stereocenters. The highest BCUT2D eigenvalue weighted by molar-refractivity contribution is 7.70. The second-order valence-corrected chi connectivity index (χ2v) is 11.2. The van der Waals surface area contributed by atoms with Crippen molar-refractivity contribution in [1.29, 1.82) is 0 Å². The molecule has 3 rings (SSSR count). The van der Waals surface area contributed by atoms with Gasteiger partial charge in [0.25, 0.3) is 0 Å². The van der Waals surface area contributed by atoms with Crippen LogP contribution in [0.3, 0.4) is 0 Å². The Morgan fingerprint density at radius 1 is 1.03 bits per heavy atom. The van der Waals surface area contributed by atoms with Crippen molar-refractivity contribution in [2.75, 3.05) is 24.0 Å². The molecule has 2 aromatic rings. The molecule has 164 valence electrons. The molecule has 0 aromatic heterocycles. The first-order chi connectivity index (χ1) is 14.4. The molecular weight excluding hydrogens is 446 g/mol. The van der Waals surface area contributed by atoms with Gasteiger partial charge in [-0.15, -0.1) is 0 Å². The van der Waals surface area contributed by atoms with Crippen LogP contribution < -0.4 is 15.9 Å². The molecule has 4 nitrogen and oxygen atoms in total. The number of nitrogens with one attached hydrogen (secondary N) is 2. The fraction of sp³-hybridized carbons (Fsp3) is 0.227. The van der Waals surface area contributed by atoms with E-state index in [0.717, 1.165) is 11.4 Å². The van der Waals surface area contributed by atoms with Crippen LogP contribution in [0.25, 0.3) is 0 Å². The summed E-state index contributed by atoms with van der Waals surface area (Å²) >= 11 is 5.95. The van der Waals surface area contributed by atoms with Crippen molar-refractivity contribution in [3.63, 3.8) is 0 Å². The van der Waals surface area contributed by atoms with Crippen molar-refractivity contribution in [3.8, 4) is 0 Å². The lowest BCUT2D eigenvalue weighted by atomic mass is 10.1. The van der Waals surface area contributed by atoms with Crippen LogP contribution in [0.4, 0.5) is 24.5 Å². The molecule has 2 aromatic carbocycles. The molecular formula is C22H22ClF3N3OP. The van der Waals surface area contributed by atoms with Gasteiger partial charge in [-0.25, -0.2) is 4.99 Å². The third-order valence-electron chi connectivity index (χ3n) is 4.63. The van der Waals surface area contributed by atoms with Gasteiger partial charge in [0.1, 0.15) is 18.8 Å². The van der Waals surface area contributed by atoms with Gasteiger partial charge in [0.2, 0.25) is 0 Å². The number of hydrogen-bond acceptors (Lipinski definition) is 4. The number of aryl methyl sites for hydroxylation is 1. The van der Waals surface area contributed by atoms with Crippen LogP contribution in [0, 0.1) is 6.92 Å². The maximum Gasteiger partial charge on any atom is 0.419 e. The first kappa shape index (κ1) is 23.2. The number of hydrogen-bond donors (Lipinski definition) is 2. The minimum Gasteiger partial charge on any atom is -0.340 e. The SMILES string of the molecule is Cc1cc(Cl)ccc1NC1=NC(Nc2ccc(P(C)(C)=O)cc2)=CCC=C1C(F)(F)F. The quantitative estimate of drug-likeness (QED) is 0.501. The molecule has 1 aliphatic heterocycles. The fourth-order valence-electron chi connectivity index (χ4n) is 2.98. The van der Waals surface area contributed by atoms with Gasteiger partial charge in [-0.05, 0) is 80.8 Å². The Balaban J connectivity index is 1.92. The third kappa shape index (κ3) is 6.02. The Morgan fingerprint density at radius 3 is 2.29 bits per heavy atom. The highest BCUT2D eigenvalue weighted by Crippen LogP contribution is 2.35. The first-order valence-corrected chi connectivity index (χ1v) is 12.4. The predicted molar refractivity (Wildman–Crippen MR) is 123 cm³/mol. The summed E-state index contributed by atoms with van der Waals surface area (Å²) in [7, 11) is -2.39. The number of rotatable bonds is 4. The van der Waals surface area contributed by atoms with Crippen molar-refractivity contribution >= 4 is 41.3 Å². The van der Waals surface area contributed by atoms with Crippen LogP contribution >= 0.6 is 18.7 Å². The van der Waals surface area contributed by atoms with Gasteiger partial charge >= 0.3 is 6.18 Å². The number of benzene rings is 2. The molecule has 2 N–H and O–H groups in total. The van der Waals surface area contributed by atoms with Gasteiger partial charge in [-0.2, -0.15) is 13.2 Å². The summed E-state index contributed by atoms with van der Waals surface area (Å²) in [6.07, 6.45) is -1.84. The number of allylic oxidation sites excluding steroid dienone is 2. The summed E-state index contributed by atoms with van der Waals surface area (Å²) in [4.78, 5) is 4.23. The van der Waals surface area contributed by atoms with Crippen molar-refractivity contribution in [3.05, 3.63) is 76.6 Å². The van der Waals surface area contributed by atoms with Crippen molar-refractivity contribution < 1.29 is 17.7 Å². The van der Waals surface area contributed by atoms with E-state index in [1.54, 1.807) is 68.8 Å². The number of nitrogens with zero attached hydrogens (tertiary/aromatic N) is 1. The van der Waals surface area contributed by atoms with Crippen LogP contribution in [-0.2, 0) is 4.57 Å². The smallest absolute Gasteiger partial charge is 0.340 e. The number of anilines is 2. The summed E-state index contributed by atoms with van der Waals surface area (Å²) in [5, 5.41) is 7.05. The number of amidine groups is 1. The Hall–Kier alpha value is -2.50. The summed E-state index contributed by atoms with van der Waals surface area (Å²) < 4.78 is 53.2. The zero-order valence-electron chi connectivity index (χ0n) is 17.2. The molecule has 0 fully saturated rings. The second-order valence-electron chi connectivity index (χ2n) is 7.51. The fourth-order valence-corrected chi connectivity index (χ4v) is 4.08. The van der Waals surface area contributed by atoms with Gasteiger partial charge in [0.15, 0.2) is 0 Å². The van der Waals surface area contributed by atoms with E-state index in [4.69, 9.17) is 11.6 Å². The molecule has 0 amide bonds. The number of alkyl halides is 3. The van der Waals surface area contributed by atoms with E-state index >= 15 is 0 Å². The highest BCUT2D eigenvalue weighted by atomic mass is 35.5. The lowest BCUT2D eigenvalue weighted by Gasteiger charge is -2.17. The molecule has 0 saturated heterocycles. The second kappa shape index (κ2) is 8.93. The zero-order chi connectivity index (χ0) is 22.8. The van der Waals surface area contributed by atoms with Crippen LogP contribution in [0.5, 0.6) is 0 Å². The largest absolute Gasteiger partial charge is 0.419 e. The molecule has 9 heteroatoms. The molecule has 0 spiro atoms. The molecule has 0 bridgehead atoms. The maximum absolute atomic E-state index is 13.7. The van der Waals surface area contributed by atoms with Crippen molar-refractivity contribution in [2.45, 2.75) is 19.5 Å². The van der Waals surface area contributed by atoms with Crippen LogP contribution in [0.15, 0.2) is 71.0 Å². The standard InChI is InChI=1S/C22H22ClF3N3OP/c1-14-13-15(23)7-12-19(14)28-21-18(22(24,25)26)5-4-6-20(29-21)27-16-8-10-17(11-9-16)31(2,3)30/h5-13,27H,4H2,1-3H3,(H,28,29). The molecule has 0 saturated carbocycles. The monoisotopic (exact) mass is 467 g/mol. The number of aliphatic imine (C=N–C) groups is 1. The molecule has 1 heterocycles. The van der Waals surface area contributed by atoms with E-state index in [9.17, 15) is 17.7 Å². The highest BCUT2D eigenvalue weighted by Gasteiger charge is 2.37. The maximum atomic E-state index is 13.7. The lowest BCUT2D eigenvalue weighted by Crippen LogP contribution is -2.26. The van der Waals surface area contributed by atoms with E-state index in [-0.39, 0.29) is 18.1 Å². The molecule has 0 radical (unpaired) electrons. The summed E-state index contributed by atoms with van der Waals surface area (Å²) in [6.45, 7) is 5.10. The van der Waals surface area contributed by atoms with E-state index < -0.39 is 18.9 Å². The van der Waals surface area contributed by atoms with Gasteiger partial charge in [-0.1, -0.05) is 17.7 Å². The van der Waals surface area contributed by atoms with Crippen LogP contribution in [-0.4, -0.2) is 25.3 Å². The van der Waals surface area contributed by atoms with Gasteiger partial charge in [0, 0.05) is 21.7 Å². The van der Waals surface area contributed by atoms with E-state index in [1.165, 1.54) is 0 Å². The summed E-state index contributed by atoms with van der Waals surface area (Å²) in [5.74, 6) is -0.0362. The normalized spacial score (nSPS) is 14.9. The Bertz CT molecular complexity index is 1120. The Labute approximate surface area is 184 Å². The topological polar surface area (TPSA) is 53.5 Å². The number of halogens is 4. The minimum absolute atomic E-state index is 0.0582. The molecule has 31 heavy (non-hydrogen) atoms. The average molecular weight is 468 g/mol. The van der Waals surface area contributed by atoms with Crippen LogP contribution in [0.2, 0.25) is 5.02 Å². The lowest BCUT2D eigenvalue weighted by molar-refractivity contribution is -0.0862. The average Bonchev–Trinajstić information content (AvgIpc) is 2.85. The van der Waals surface area contributed by atoms with Crippen LogP contribution in [0.1, 0.15) is 12.0 Å². The molecule has 1 aliphatic rings. The minimum atomic E-state index is -4.57. The molecule has 0 aliphatic carbocycles. The van der Waals surface area contributed by atoms with Gasteiger partial charge < -0.3 is 15.2 Å². The molecule has 0 atom stereocenters. The van der Waals surface area contributed by atoms with Crippen molar-refractivity contribution in [1.82, 2.24) is 0 Å². The predicted octanol–water partition coefficient (Wildman–Crippen LogP) is 6.55. The zero-order valence-corrected chi connectivity index (χ0v) is 18.9. The third-order valence-corrected chi connectivity index (χ3v) is 6.41. The van der Waals surface area contributed by atoms with E-state index in [0.29, 0.717) is 22.0 Å². The van der Waals surface area contributed by atoms with E-state index in [2.05, 4.69) is 15.6 Å². The van der Waals surface area contributed by atoms with Crippen molar-refractivity contribution in [2.24, 2.45) is 4.99 Å². The summed E-state index contributed by atoms with van der Waals surface area (Å²) in [6, 6.07) is 11.8. The Morgan fingerprint density at radius 2 is 1.71 bits per heavy atom. The Kier molecular flexibility index (Phi) is 6.68.